The summed E-state index contributed by atoms with van der Waals surface area (Å²) >= 11 is 0. The van der Waals surface area contributed by atoms with Gasteiger partial charge >= 0.3 is 5.97 Å². The normalized spacial score (nSPS) is 16.8. The van der Waals surface area contributed by atoms with Crippen molar-refractivity contribution in [2.45, 2.75) is 31.9 Å². The standard InChI is InChI=1S/C16H23NO4/c1-20-15-5-3-2-4-13(15)12-17-9-6-14(7-10-17)21-11-8-16(18)19/h2-5,14H,6-12H2,1H3,(H,18,19). The van der Waals surface area contributed by atoms with Crippen molar-refractivity contribution in [2.75, 3.05) is 26.8 Å². The van der Waals surface area contributed by atoms with Gasteiger partial charge in [0.15, 0.2) is 0 Å². The number of aliphatic carboxylic acids is 1. The van der Waals surface area contributed by atoms with E-state index in [-0.39, 0.29) is 12.5 Å². The topological polar surface area (TPSA) is 59.0 Å². The summed E-state index contributed by atoms with van der Waals surface area (Å²) in [6, 6.07) is 8.08. The second-order valence-corrected chi connectivity index (χ2v) is 5.30. The van der Waals surface area contributed by atoms with Gasteiger partial charge in [-0.25, -0.2) is 0 Å². The predicted octanol–water partition coefficient (Wildman–Crippen LogP) is 2.15. The Morgan fingerprint density at radius 3 is 2.71 bits per heavy atom. The number of carbonyl (C=O) groups is 1. The van der Waals surface area contributed by atoms with E-state index >= 15 is 0 Å². The van der Waals surface area contributed by atoms with Gasteiger partial charge < -0.3 is 14.6 Å². The predicted molar refractivity (Wildman–Crippen MR) is 79.5 cm³/mol. The van der Waals surface area contributed by atoms with Gasteiger partial charge in [0.25, 0.3) is 0 Å². The van der Waals surface area contributed by atoms with Gasteiger partial charge in [-0.05, 0) is 18.9 Å². The molecule has 5 heteroatoms. The lowest BCUT2D eigenvalue weighted by Crippen LogP contribution is -2.36. The van der Waals surface area contributed by atoms with Gasteiger partial charge in [-0.2, -0.15) is 0 Å². The summed E-state index contributed by atoms with van der Waals surface area (Å²) in [4.78, 5) is 12.8. The first-order valence-corrected chi connectivity index (χ1v) is 7.36. The lowest BCUT2D eigenvalue weighted by Gasteiger charge is -2.32. The molecule has 0 unspecified atom stereocenters. The van der Waals surface area contributed by atoms with Crippen LogP contribution in [0.3, 0.4) is 0 Å². The quantitative estimate of drug-likeness (QED) is 0.834. The van der Waals surface area contributed by atoms with Crippen molar-refractivity contribution >= 4 is 5.97 Å². The fraction of sp³-hybridized carbons (Fsp3) is 0.562. The molecule has 0 amide bonds. The van der Waals surface area contributed by atoms with Crippen molar-refractivity contribution in [3.63, 3.8) is 0 Å². The second kappa shape index (κ2) is 8.00. The molecule has 1 saturated heterocycles. The molecule has 0 aromatic heterocycles. The first-order valence-electron chi connectivity index (χ1n) is 7.36. The molecule has 1 aliphatic heterocycles. The van der Waals surface area contributed by atoms with Crippen LogP contribution in [0.4, 0.5) is 0 Å². The summed E-state index contributed by atoms with van der Waals surface area (Å²) < 4.78 is 11.0. The zero-order chi connectivity index (χ0) is 15.1. The zero-order valence-corrected chi connectivity index (χ0v) is 12.5. The number of hydrogen-bond acceptors (Lipinski definition) is 4. The highest BCUT2D eigenvalue weighted by atomic mass is 16.5. The molecule has 0 radical (unpaired) electrons. The highest BCUT2D eigenvalue weighted by molar-refractivity contribution is 5.66. The molecular formula is C16H23NO4. The number of methoxy groups -OCH3 is 1. The summed E-state index contributed by atoms with van der Waals surface area (Å²) in [7, 11) is 1.70. The first-order chi connectivity index (χ1) is 10.2. The summed E-state index contributed by atoms with van der Waals surface area (Å²) in [5.74, 6) is 0.126. The van der Waals surface area contributed by atoms with E-state index in [4.69, 9.17) is 14.6 Å². The van der Waals surface area contributed by atoms with E-state index in [1.165, 1.54) is 5.56 Å². The lowest BCUT2D eigenvalue weighted by atomic mass is 10.1. The Labute approximate surface area is 125 Å². The highest BCUT2D eigenvalue weighted by Crippen LogP contribution is 2.22. The molecule has 1 heterocycles. The third-order valence-corrected chi connectivity index (χ3v) is 3.79. The molecule has 0 saturated carbocycles. The van der Waals surface area contributed by atoms with Crippen molar-refractivity contribution in [3.8, 4) is 5.75 Å². The van der Waals surface area contributed by atoms with E-state index in [0.717, 1.165) is 38.2 Å². The van der Waals surface area contributed by atoms with Crippen LogP contribution in [-0.2, 0) is 16.1 Å². The van der Waals surface area contributed by atoms with Gasteiger partial charge in [-0.15, -0.1) is 0 Å². The monoisotopic (exact) mass is 293 g/mol. The van der Waals surface area contributed by atoms with Crippen molar-refractivity contribution in [3.05, 3.63) is 29.8 Å². The van der Waals surface area contributed by atoms with Crippen LogP contribution >= 0.6 is 0 Å². The molecular weight excluding hydrogens is 270 g/mol. The van der Waals surface area contributed by atoms with Crippen LogP contribution in [0, 0.1) is 0 Å². The SMILES string of the molecule is COc1ccccc1CN1CCC(OCCC(=O)O)CC1. The number of likely N-dealkylation sites (tertiary alicyclic amines) is 1. The molecule has 1 aromatic carbocycles. The van der Waals surface area contributed by atoms with Crippen LogP contribution in [-0.4, -0.2) is 48.9 Å². The third-order valence-electron chi connectivity index (χ3n) is 3.79. The molecule has 21 heavy (non-hydrogen) atoms. The molecule has 1 fully saturated rings. The maximum absolute atomic E-state index is 10.5. The van der Waals surface area contributed by atoms with E-state index in [1.54, 1.807) is 7.11 Å². The average Bonchev–Trinajstić information content (AvgIpc) is 2.49. The molecule has 5 nitrogen and oxygen atoms in total. The number of ether oxygens (including phenoxy) is 2. The summed E-state index contributed by atoms with van der Waals surface area (Å²) in [6.45, 7) is 3.13. The van der Waals surface area contributed by atoms with Crippen molar-refractivity contribution in [1.82, 2.24) is 4.90 Å². The minimum absolute atomic E-state index is 0.0848. The minimum Gasteiger partial charge on any atom is -0.496 e. The Hall–Kier alpha value is -1.59. The van der Waals surface area contributed by atoms with Crippen molar-refractivity contribution in [1.29, 1.82) is 0 Å². The molecule has 0 spiro atoms. The molecule has 116 valence electrons. The average molecular weight is 293 g/mol. The van der Waals surface area contributed by atoms with E-state index in [2.05, 4.69) is 11.0 Å². The largest absolute Gasteiger partial charge is 0.496 e. The van der Waals surface area contributed by atoms with Gasteiger partial charge in [0.2, 0.25) is 0 Å². The van der Waals surface area contributed by atoms with Gasteiger partial charge in [0, 0.05) is 25.2 Å². The number of benzene rings is 1. The van der Waals surface area contributed by atoms with E-state index < -0.39 is 5.97 Å². The minimum atomic E-state index is -0.802. The van der Waals surface area contributed by atoms with Gasteiger partial charge in [-0.1, -0.05) is 18.2 Å². The maximum atomic E-state index is 10.5. The van der Waals surface area contributed by atoms with E-state index in [1.807, 2.05) is 18.2 Å². The summed E-state index contributed by atoms with van der Waals surface area (Å²) in [5.41, 5.74) is 1.20. The Morgan fingerprint density at radius 2 is 2.05 bits per heavy atom. The van der Waals surface area contributed by atoms with E-state index in [9.17, 15) is 4.79 Å². The Morgan fingerprint density at radius 1 is 1.33 bits per heavy atom. The van der Waals surface area contributed by atoms with Gasteiger partial charge in [-0.3, -0.25) is 9.69 Å². The lowest BCUT2D eigenvalue weighted by molar-refractivity contribution is -0.138. The fourth-order valence-electron chi connectivity index (χ4n) is 2.62. The van der Waals surface area contributed by atoms with Crippen LogP contribution in [0.5, 0.6) is 5.75 Å². The Kier molecular flexibility index (Phi) is 6.02. The Bertz CT molecular complexity index is 455. The maximum Gasteiger partial charge on any atom is 0.305 e. The summed E-state index contributed by atoms with van der Waals surface area (Å²) in [6.07, 6.45) is 2.18. The van der Waals surface area contributed by atoms with Crippen LogP contribution in [0.25, 0.3) is 0 Å². The number of carboxylic acid groups (broad SMARTS) is 1. The van der Waals surface area contributed by atoms with Crippen molar-refractivity contribution < 1.29 is 19.4 Å². The van der Waals surface area contributed by atoms with Crippen molar-refractivity contribution in [2.24, 2.45) is 0 Å². The van der Waals surface area contributed by atoms with Crippen LogP contribution in [0.2, 0.25) is 0 Å². The third kappa shape index (κ3) is 5.02. The first kappa shape index (κ1) is 15.8. The number of nitrogens with zero attached hydrogens (tertiary/aromatic N) is 1. The molecule has 0 bridgehead atoms. The fourth-order valence-corrected chi connectivity index (χ4v) is 2.62. The molecule has 1 N–H and O–H groups in total. The molecule has 2 rings (SSSR count). The second-order valence-electron chi connectivity index (χ2n) is 5.30. The van der Waals surface area contributed by atoms with Gasteiger partial charge in [0.05, 0.1) is 26.2 Å². The smallest absolute Gasteiger partial charge is 0.305 e. The van der Waals surface area contributed by atoms with Gasteiger partial charge in [0.1, 0.15) is 5.75 Å². The van der Waals surface area contributed by atoms with E-state index in [0.29, 0.717) is 6.61 Å². The molecule has 1 aromatic rings. The molecule has 1 aliphatic rings. The number of hydrogen-bond donors (Lipinski definition) is 1. The summed E-state index contributed by atoms with van der Waals surface area (Å²) in [5, 5.41) is 8.60. The van der Waals surface area contributed by atoms with Crippen LogP contribution < -0.4 is 4.74 Å². The number of rotatable bonds is 7. The molecule has 0 aliphatic carbocycles. The number of para-hydroxylation sites is 1. The number of carboxylic acids is 1. The number of piperidine rings is 1. The Balaban J connectivity index is 1.75. The highest BCUT2D eigenvalue weighted by Gasteiger charge is 2.20. The van der Waals surface area contributed by atoms with Crippen LogP contribution in [0.1, 0.15) is 24.8 Å². The van der Waals surface area contributed by atoms with Crippen LogP contribution in [0.15, 0.2) is 24.3 Å². The molecule has 0 atom stereocenters. The zero-order valence-electron chi connectivity index (χ0n) is 12.5.